The Labute approximate surface area is 217 Å². The molecule has 0 saturated carbocycles. The average molecular weight is 510 g/mol. The van der Waals surface area contributed by atoms with Gasteiger partial charge in [0.15, 0.2) is 0 Å². The number of aliphatic hydroxyl groups is 1. The molecule has 0 aromatic heterocycles. The number of halogens is 1. The highest BCUT2D eigenvalue weighted by Crippen LogP contribution is 2.23. The highest BCUT2D eigenvalue weighted by atomic mass is 35.5. The largest absolute Gasteiger partial charge is 0.481 e. The number of rotatable bonds is 9. The SMILES string of the molecule is CC(C)(C)OC(=O)N(CCc1ccc(-c2cccc(CC(=O)O)c2)cc1)C[C@H](O)c1cccc(Cl)c1. The lowest BCUT2D eigenvalue weighted by Gasteiger charge is -2.29. The molecule has 0 unspecified atom stereocenters. The van der Waals surface area contributed by atoms with E-state index in [4.69, 9.17) is 21.4 Å². The third-order valence-electron chi connectivity index (χ3n) is 5.52. The fourth-order valence-corrected chi connectivity index (χ4v) is 3.97. The van der Waals surface area contributed by atoms with Crippen LogP contribution < -0.4 is 0 Å². The van der Waals surface area contributed by atoms with Gasteiger partial charge in [0.1, 0.15) is 5.60 Å². The predicted molar refractivity (Wildman–Crippen MR) is 141 cm³/mol. The first-order chi connectivity index (χ1) is 17.0. The van der Waals surface area contributed by atoms with Gasteiger partial charge in [-0.25, -0.2) is 4.79 Å². The number of carboxylic acids is 1. The molecule has 36 heavy (non-hydrogen) atoms. The highest BCUT2D eigenvalue weighted by molar-refractivity contribution is 6.30. The van der Waals surface area contributed by atoms with E-state index in [1.165, 1.54) is 4.90 Å². The van der Waals surface area contributed by atoms with Crippen LogP contribution in [-0.4, -0.2) is 45.9 Å². The minimum atomic E-state index is -0.906. The van der Waals surface area contributed by atoms with Gasteiger partial charge < -0.3 is 19.8 Å². The van der Waals surface area contributed by atoms with Gasteiger partial charge in [-0.15, -0.1) is 0 Å². The van der Waals surface area contributed by atoms with E-state index in [-0.39, 0.29) is 13.0 Å². The zero-order valence-electron chi connectivity index (χ0n) is 20.8. The molecule has 0 radical (unpaired) electrons. The summed E-state index contributed by atoms with van der Waals surface area (Å²) in [6, 6.07) is 22.4. The number of ether oxygens (including phenoxy) is 1. The number of hydrogen-bond acceptors (Lipinski definition) is 4. The fraction of sp³-hybridized carbons (Fsp3) is 0.310. The van der Waals surface area contributed by atoms with Crippen molar-refractivity contribution in [3.05, 3.63) is 94.5 Å². The van der Waals surface area contributed by atoms with Crippen LogP contribution in [0.15, 0.2) is 72.8 Å². The summed E-state index contributed by atoms with van der Waals surface area (Å²) in [6.45, 7) is 5.85. The van der Waals surface area contributed by atoms with Crippen molar-refractivity contribution < 1.29 is 24.5 Å². The number of carbonyl (C=O) groups is 2. The van der Waals surface area contributed by atoms with Gasteiger partial charge in [-0.05, 0) is 67.1 Å². The van der Waals surface area contributed by atoms with Gasteiger partial charge in [0.2, 0.25) is 0 Å². The summed E-state index contributed by atoms with van der Waals surface area (Å²) < 4.78 is 5.57. The Kier molecular flexibility index (Phi) is 9.13. The van der Waals surface area contributed by atoms with Crippen LogP contribution in [0.2, 0.25) is 5.02 Å². The summed E-state index contributed by atoms with van der Waals surface area (Å²) >= 11 is 6.06. The molecule has 3 aromatic carbocycles. The molecule has 0 fully saturated rings. The van der Waals surface area contributed by atoms with Crippen molar-refractivity contribution in [2.45, 2.75) is 45.3 Å². The average Bonchev–Trinajstić information content (AvgIpc) is 2.80. The number of nitrogens with zero attached hydrogens (tertiary/aromatic N) is 1. The van der Waals surface area contributed by atoms with Crippen molar-refractivity contribution in [3.63, 3.8) is 0 Å². The van der Waals surface area contributed by atoms with E-state index in [0.717, 1.165) is 22.3 Å². The van der Waals surface area contributed by atoms with E-state index in [1.807, 2.05) is 42.5 Å². The molecule has 0 aliphatic rings. The second-order valence-corrected chi connectivity index (χ2v) is 10.2. The lowest BCUT2D eigenvalue weighted by molar-refractivity contribution is -0.136. The molecule has 0 aliphatic heterocycles. The van der Waals surface area contributed by atoms with Gasteiger partial charge in [-0.2, -0.15) is 0 Å². The van der Waals surface area contributed by atoms with Gasteiger partial charge in [0.25, 0.3) is 0 Å². The molecule has 3 rings (SSSR count). The fourth-order valence-electron chi connectivity index (χ4n) is 3.78. The molecule has 0 bridgehead atoms. The molecular formula is C29H32ClNO5. The maximum absolute atomic E-state index is 12.9. The number of amides is 1. The van der Waals surface area contributed by atoms with Crippen LogP contribution in [0.3, 0.4) is 0 Å². The smallest absolute Gasteiger partial charge is 0.410 e. The lowest BCUT2D eigenvalue weighted by atomic mass is 10.00. The molecular weight excluding hydrogens is 478 g/mol. The van der Waals surface area contributed by atoms with Gasteiger partial charge in [-0.3, -0.25) is 4.79 Å². The van der Waals surface area contributed by atoms with Crippen LogP contribution in [-0.2, 0) is 22.4 Å². The molecule has 0 aliphatic carbocycles. The number of hydrogen-bond donors (Lipinski definition) is 2. The Bertz CT molecular complexity index is 1190. The van der Waals surface area contributed by atoms with Crippen molar-refractivity contribution in [2.24, 2.45) is 0 Å². The molecule has 2 N–H and O–H groups in total. The number of benzene rings is 3. The van der Waals surface area contributed by atoms with Crippen molar-refractivity contribution in [1.29, 1.82) is 0 Å². The normalized spacial score (nSPS) is 12.1. The topological polar surface area (TPSA) is 87.1 Å². The third-order valence-corrected chi connectivity index (χ3v) is 5.75. The maximum atomic E-state index is 12.9. The van der Waals surface area contributed by atoms with Gasteiger partial charge in [0.05, 0.1) is 19.1 Å². The molecule has 6 nitrogen and oxygen atoms in total. The summed E-state index contributed by atoms with van der Waals surface area (Å²) in [5.41, 5.74) is 3.66. The van der Waals surface area contributed by atoms with Gasteiger partial charge in [0, 0.05) is 11.6 Å². The molecule has 7 heteroatoms. The summed E-state index contributed by atoms with van der Waals surface area (Å²) in [4.78, 5) is 25.4. The molecule has 0 heterocycles. The van der Waals surface area contributed by atoms with Crippen molar-refractivity contribution in [3.8, 4) is 11.1 Å². The van der Waals surface area contributed by atoms with Crippen LogP contribution in [0.5, 0.6) is 0 Å². The third kappa shape index (κ3) is 8.40. The van der Waals surface area contributed by atoms with Crippen molar-refractivity contribution >= 4 is 23.7 Å². The summed E-state index contributed by atoms with van der Waals surface area (Å²) in [6.07, 6.45) is -0.846. The molecule has 0 spiro atoms. The highest BCUT2D eigenvalue weighted by Gasteiger charge is 2.24. The standard InChI is InChI=1S/C29H32ClNO5/c1-29(2,3)36-28(35)31(19-26(32)24-8-5-9-25(30)18-24)15-14-20-10-12-22(13-11-20)23-7-4-6-21(16-23)17-27(33)34/h4-13,16,18,26,32H,14-15,17,19H2,1-3H3,(H,33,34)/t26-/m0/s1. The molecule has 3 aromatic rings. The number of aliphatic hydroxyl groups excluding tert-OH is 1. The number of carbonyl (C=O) groups excluding carboxylic acids is 1. The number of aliphatic carboxylic acids is 1. The van der Waals surface area contributed by atoms with E-state index in [1.54, 1.807) is 51.1 Å². The zero-order valence-corrected chi connectivity index (χ0v) is 21.5. The summed E-state index contributed by atoms with van der Waals surface area (Å²) in [5.74, 6) is -0.863. The van der Waals surface area contributed by atoms with Crippen LogP contribution >= 0.6 is 11.6 Å². The first-order valence-corrected chi connectivity index (χ1v) is 12.2. The van der Waals surface area contributed by atoms with Crippen molar-refractivity contribution in [1.82, 2.24) is 4.90 Å². The quantitative estimate of drug-likeness (QED) is 0.361. The monoisotopic (exact) mass is 509 g/mol. The Hall–Kier alpha value is -3.35. The molecule has 1 atom stereocenters. The van der Waals surface area contributed by atoms with Crippen LogP contribution in [0.4, 0.5) is 4.79 Å². The Morgan fingerprint density at radius 3 is 2.28 bits per heavy atom. The predicted octanol–water partition coefficient (Wildman–Crippen LogP) is 6.15. The van der Waals surface area contributed by atoms with Crippen LogP contribution in [0.1, 0.15) is 43.6 Å². The maximum Gasteiger partial charge on any atom is 0.410 e. The van der Waals surface area contributed by atoms with E-state index < -0.39 is 23.8 Å². The number of carboxylic acid groups (broad SMARTS) is 1. The Morgan fingerprint density at radius 2 is 1.64 bits per heavy atom. The van der Waals surface area contributed by atoms with E-state index in [2.05, 4.69) is 0 Å². The molecule has 0 saturated heterocycles. The van der Waals surface area contributed by atoms with Gasteiger partial charge in [-0.1, -0.05) is 72.3 Å². The minimum absolute atomic E-state index is 0.0204. The van der Waals surface area contributed by atoms with Gasteiger partial charge >= 0.3 is 12.1 Å². The Balaban J connectivity index is 1.70. The van der Waals surface area contributed by atoms with E-state index in [0.29, 0.717) is 23.6 Å². The molecule has 190 valence electrons. The second-order valence-electron chi connectivity index (χ2n) is 9.71. The van der Waals surface area contributed by atoms with Crippen molar-refractivity contribution in [2.75, 3.05) is 13.1 Å². The van der Waals surface area contributed by atoms with Crippen LogP contribution in [0.25, 0.3) is 11.1 Å². The zero-order chi connectivity index (χ0) is 26.3. The minimum Gasteiger partial charge on any atom is -0.481 e. The second kappa shape index (κ2) is 12.1. The lowest BCUT2D eigenvalue weighted by Crippen LogP contribution is -2.40. The summed E-state index contributed by atoms with van der Waals surface area (Å²) in [5, 5.41) is 20.3. The molecule has 1 amide bonds. The summed E-state index contributed by atoms with van der Waals surface area (Å²) in [7, 11) is 0. The van der Waals surface area contributed by atoms with E-state index >= 15 is 0 Å². The van der Waals surface area contributed by atoms with Crippen LogP contribution in [0, 0.1) is 0 Å². The first kappa shape index (κ1) is 27.2. The Morgan fingerprint density at radius 1 is 0.944 bits per heavy atom. The first-order valence-electron chi connectivity index (χ1n) is 11.8. The van der Waals surface area contributed by atoms with E-state index in [9.17, 15) is 14.7 Å².